The van der Waals surface area contributed by atoms with Crippen molar-refractivity contribution >= 4 is 23.4 Å². The molecule has 0 spiro atoms. The van der Waals surface area contributed by atoms with Crippen LogP contribution in [0.2, 0.25) is 5.02 Å². The van der Waals surface area contributed by atoms with Gasteiger partial charge in [0.1, 0.15) is 6.33 Å². The quantitative estimate of drug-likeness (QED) is 0.870. The maximum Gasteiger partial charge on any atom is 0.415 e. The molecule has 0 amide bonds. The molecule has 0 saturated heterocycles. The molecule has 0 fully saturated rings. The molecule has 1 aromatic carbocycles. The number of benzene rings is 1. The molecule has 2 rings (SSSR count). The van der Waals surface area contributed by atoms with Gasteiger partial charge in [0.2, 0.25) is 0 Å². The summed E-state index contributed by atoms with van der Waals surface area (Å²) in [4.78, 5) is 0. The van der Waals surface area contributed by atoms with E-state index in [4.69, 9.17) is 16.7 Å². The van der Waals surface area contributed by atoms with Crippen molar-refractivity contribution in [2.45, 2.75) is 24.4 Å². The number of rotatable bonds is 4. The van der Waals surface area contributed by atoms with Gasteiger partial charge in [0.15, 0.2) is 11.3 Å². The first-order valence-electron chi connectivity index (χ1n) is 5.83. The predicted octanol–water partition coefficient (Wildman–Crippen LogP) is 3.24. The molecule has 1 N–H and O–H groups in total. The Morgan fingerprint density at radius 2 is 2.14 bits per heavy atom. The molecule has 114 valence electrons. The van der Waals surface area contributed by atoms with Crippen LogP contribution in [0.15, 0.2) is 29.7 Å². The fraction of sp³-hybridized carbons (Fsp3) is 0.333. The van der Waals surface area contributed by atoms with E-state index in [0.717, 1.165) is 17.3 Å². The summed E-state index contributed by atoms with van der Waals surface area (Å²) in [5.74, 6) is -0.554. The van der Waals surface area contributed by atoms with Crippen LogP contribution in [-0.4, -0.2) is 37.9 Å². The summed E-state index contributed by atoms with van der Waals surface area (Å²) in [6.45, 7) is 1.84. The molecule has 1 heterocycles. The number of thioether (sulfide) groups is 1. The van der Waals surface area contributed by atoms with Crippen LogP contribution in [-0.2, 0) is 0 Å². The first kappa shape index (κ1) is 16.1. The minimum atomic E-state index is -4.65. The Morgan fingerprint density at radius 3 is 2.76 bits per heavy atom. The molecule has 0 aliphatic rings. The van der Waals surface area contributed by atoms with Crippen molar-refractivity contribution in [1.82, 2.24) is 14.8 Å². The van der Waals surface area contributed by atoms with E-state index in [1.54, 1.807) is 18.2 Å². The van der Waals surface area contributed by atoms with Crippen molar-refractivity contribution in [1.29, 1.82) is 0 Å². The lowest BCUT2D eigenvalue weighted by atomic mass is 10.2. The maximum absolute atomic E-state index is 12.3. The summed E-state index contributed by atoms with van der Waals surface area (Å²) in [5, 5.41) is 17.2. The molecule has 1 atom stereocenters. The molecule has 2 aromatic rings. The number of aliphatic hydroxyl groups is 1. The normalized spacial score (nSPS) is 13.4. The van der Waals surface area contributed by atoms with Crippen LogP contribution in [0.25, 0.3) is 5.69 Å². The number of aryl methyl sites for hydroxylation is 1. The zero-order valence-corrected chi connectivity index (χ0v) is 12.4. The van der Waals surface area contributed by atoms with Crippen LogP contribution in [0.4, 0.5) is 13.2 Å². The van der Waals surface area contributed by atoms with Crippen molar-refractivity contribution < 1.29 is 18.3 Å². The third-order valence-corrected chi connectivity index (χ3v) is 4.12. The summed E-state index contributed by atoms with van der Waals surface area (Å²) >= 11 is 6.79. The average molecular weight is 338 g/mol. The molecule has 0 radical (unpaired) electrons. The van der Waals surface area contributed by atoms with Crippen molar-refractivity contribution in [3.05, 3.63) is 35.1 Å². The van der Waals surface area contributed by atoms with Crippen LogP contribution < -0.4 is 0 Å². The van der Waals surface area contributed by atoms with Gasteiger partial charge < -0.3 is 5.11 Å². The van der Waals surface area contributed by atoms with Gasteiger partial charge in [0.25, 0.3) is 0 Å². The number of halogens is 4. The van der Waals surface area contributed by atoms with Crippen molar-refractivity contribution in [2.24, 2.45) is 0 Å². The first-order chi connectivity index (χ1) is 9.79. The minimum Gasteiger partial charge on any atom is -0.383 e. The summed E-state index contributed by atoms with van der Waals surface area (Å²) in [6, 6.07) is 5.22. The fourth-order valence-corrected chi connectivity index (χ4v) is 2.55. The summed E-state index contributed by atoms with van der Waals surface area (Å²) in [7, 11) is 0. The van der Waals surface area contributed by atoms with Crippen LogP contribution >= 0.6 is 23.4 Å². The van der Waals surface area contributed by atoms with E-state index in [9.17, 15) is 13.2 Å². The van der Waals surface area contributed by atoms with Gasteiger partial charge >= 0.3 is 6.18 Å². The van der Waals surface area contributed by atoms with Gasteiger partial charge in [-0.15, -0.1) is 10.2 Å². The second-order valence-corrected chi connectivity index (χ2v) is 5.68. The molecule has 21 heavy (non-hydrogen) atoms. The molecule has 0 aliphatic carbocycles. The second-order valence-electron chi connectivity index (χ2n) is 4.29. The molecule has 0 saturated carbocycles. The van der Waals surface area contributed by atoms with Crippen LogP contribution in [0.1, 0.15) is 5.56 Å². The zero-order valence-electron chi connectivity index (χ0n) is 10.8. The van der Waals surface area contributed by atoms with Gasteiger partial charge in [-0.3, -0.25) is 4.57 Å². The molecular formula is C12H11ClF3N3OS. The SMILES string of the molecule is Cc1ccc(-n2cnnc2SCC(O)C(F)(F)F)cc1Cl. The molecule has 0 bridgehead atoms. The number of nitrogens with zero attached hydrogens (tertiary/aromatic N) is 3. The predicted molar refractivity (Wildman–Crippen MR) is 73.9 cm³/mol. The van der Waals surface area contributed by atoms with Crippen molar-refractivity contribution in [2.75, 3.05) is 5.75 Å². The minimum absolute atomic E-state index is 0.248. The zero-order chi connectivity index (χ0) is 15.6. The Morgan fingerprint density at radius 1 is 1.43 bits per heavy atom. The highest BCUT2D eigenvalue weighted by Crippen LogP contribution is 2.27. The topological polar surface area (TPSA) is 50.9 Å². The van der Waals surface area contributed by atoms with Gasteiger partial charge in [-0.2, -0.15) is 13.2 Å². The third kappa shape index (κ3) is 3.90. The number of aromatic nitrogens is 3. The third-order valence-electron chi connectivity index (χ3n) is 2.70. The van der Waals surface area contributed by atoms with Crippen LogP contribution in [0.3, 0.4) is 0 Å². The van der Waals surface area contributed by atoms with E-state index < -0.39 is 18.0 Å². The highest BCUT2D eigenvalue weighted by molar-refractivity contribution is 7.99. The molecule has 9 heteroatoms. The van der Waals surface area contributed by atoms with E-state index in [1.165, 1.54) is 10.9 Å². The maximum atomic E-state index is 12.3. The Hall–Kier alpha value is -1.25. The molecule has 4 nitrogen and oxygen atoms in total. The van der Waals surface area contributed by atoms with E-state index in [0.29, 0.717) is 10.7 Å². The first-order valence-corrected chi connectivity index (χ1v) is 7.19. The lowest BCUT2D eigenvalue weighted by Crippen LogP contribution is -2.30. The summed E-state index contributed by atoms with van der Waals surface area (Å²) < 4.78 is 38.3. The van der Waals surface area contributed by atoms with E-state index in [-0.39, 0.29) is 5.16 Å². The largest absolute Gasteiger partial charge is 0.415 e. The highest BCUT2D eigenvalue weighted by atomic mass is 35.5. The van der Waals surface area contributed by atoms with Gasteiger partial charge in [-0.05, 0) is 24.6 Å². The Bertz CT molecular complexity index is 632. The number of aliphatic hydroxyl groups excluding tert-OH is 1. The standard InChI is InChI=1S/C12H11ClF3N3OS/c1-7-2-3-8(4-9(7)13)19-6-17-18-11(19)21-5-10(20)12(14,15)16/h2-4,6,10,20H,5H2,1H3. The van der Waals surface area contributed by atoms with Gasteiger partial charge in [0.05, 0.1) is 5.69 Å². The Labute approximate surface area is 127 Å². The molecule has 1 unspecified atom stereocenters. The lowest BCUT2D eigenvalue weighted by Gasteiger charge is -2.14. The van der Waals surface area contributed by atoms with Crippen LogP contribution in [0, 0.1) is 6.92 Å². The van der Waals surface area contributed by atoms with E-state index >= 15 is 0 Å². The number of hydrogen-bond acceptors (Lipinski definition) is 4. The number of alkyl halides is 3. The van der Waals surface area contributed by atoms with Crippen molar-refractivity contribution in [3.63, 3.8) is 0 Å². The second kappa shape index (κ2) is 6.25. The van der Waals surface area contributed by atoms with Gasteiger partial charge in [-0.25, -0.2) is 0 Å². The molecule has 0 aliphatic heterocycles. The van der Waals surface area contributed by atoms with Gasteiger partial charge in [0, 0.05) is 10.8 Å². The lowest BCUT2D eigenvalue weighted by molar-refractivity contribution is -0.195. The van der Waals surface area contributed by atoms with E-state index in [2.05, 4.69) is 10.2 Å². The smallest absolute Gasteiger partial charge is 0.383 e. The number of hydrogen-bond donors (Lipinski definition) is 1. The highest BCUT2D eigenvalue weighted by Gasteiger charge is 2.38. The van der Waals surface area contributed by atoms with Crippen molar-refractivity contribution in [3.8, 4) is 5.69 Å². The van der Waals surface area contributed by atoms with Gasteiger partial charge in [-0.1, -0.05) is 29.4 Å². The monoisotopic (exact) mass is 337 g/mol. The van der Waals surface area contributed by atoms with E-state index in [1.807, 2.05) is 6.92 Å². The Kier molecular flexibility index (Phi) is 4.80. The Balaban J connectivity index is 2.17. The molecular weight excluding hydrogens is 327 g/mol. The average Bonchev–Trinajstić information content (AvgIpc) is 2.86. The summed E-state index contributed by atoms with van der Waals surface area (Å²) in [6.07, 6.45) is -5.68. The summed E-state index contributed by atoms with van der Waals surface area (Å²) in [5.41, 5.74) is 1.52. The fourth-order valence-electron chi connectivity index (χ4n) is 1.48. The molecule has 1 aromatic heterocycles. The van der Waals surface area contributed by atoms with Crippen LogP contribution in [0.5, 0.6) is 0 Å².